The van der Waals surface area contributed by atoms with Gasteiger partial charge in [-0.05, 0) is 37.1 Å². The molecule has 6 nitrogen and oxygen atoms in total. The second-order valence-electron chi connectivity index (χ2n) is 7.81. The van der Waals surface area contributed by atoms with Gasteiger partial charge >= 0.3 is 0 Å². The fourth-order valence-electron chi connectivity index (χ4n) is 4.52. The molecule has 0 spiro atoms. The van der Waals surface area contributed by atoms with Crippen molar-refractivity contribution in [2.45, 2.75) is 44.2 Å². The van der Waals surface area contributed by atoms with Gasteiger partial charge in [0.15, 0.2) is 11.6 Å². The topological polar surface area (TPSA) is 67.2 Å². The molecule has 1 aliphatic heterocycles. The molecule has 2 aromatic carbocycles. The second-order valence-corrected chi connectivity index (χ2v) is 7.81. The standard InChI is InChI=1S/C22H20F2N4O2/c23-15-10-9-13(11-16(15)24)25-20(29)12-19-21(30)27(14-5-1-2-6-14)22-26-17-7-3-4-8-18(17)28(19)22/h3-4,7-11,14,19H,1-2,5-6,12H2,(H,25,29)/t19-/m1/s1. The molecule has 1 atom stereocenters. The minimum Gasteiger partial charge on any atom is -0.326 e. The van der Waals surface area contributed by atoms with E-state index in [9.17, 15) is 18.4 Å². The molecule has 2 aliphatic rings. The van der Waals surface area contributed by atoms with E-state index in [4.69, 9.17) is 0 Å². The number of fused-ring (bicyclic) bond motifs is 3. The molecule has 154 valence electrons. The van der Waals surface area contributed by atoms with Crippen LogP contribution in [0.5, 0.6) is 0 Å². The largest absolute Gasteiger partial charge is 0.326 e. The van der Waals surface area contributed by atoms with Gasteiger partial charge in [-0.15, -0.1) is 0 Å². The lowest BCUT2D eigenvalue weighted by molar-refractivity contribution is -0.125. The Balaban J connectivity index is 1.46. The highest BCUT2D eigenvalue weighted by Gasteiger charge is 2.44. The number of amides is 2. The van der Waals surface area contributed by atoms with Gasteiger partial charge in [-0.2, -0.15) is 0 Å². The van der Waals surface area contributed by atoms with Crippen LogP contribution in [0.1, 0.15) is 38.1 Å². The molecule has 2 amide bonds. The number of halogens is 2. The zero-order valence-electron chi connectivity index (χ0n) is 16.1. The van der Waals surface area contributed by atoms with Crippen molar-refractivity contribution in [3.63, 3.8) is 0 Å². The van der Waals surface area contributed by atoms with E-state index in [0.29, 0.717) is 5.95 Å². The van der Waals surface area contributed by atoms with Crippen molar-refractivity contribution in [2.24, 2.45) is 0 Å². The Morgan fingerprint density at radius 1 is 1.10 bits per heavy atom. The zero-order valence-corrected chi connectivity index (χ0v) is 16.1. The van der Waals surface area contributed by atoms with Crippen LogP contribution in [0.2, 0.25) is 0 Å². The van der Waals surface area contributed by atoms with Crippen LogP contribution in [0.15, 0.2) is 42.5 Å². The summed E-state index contributed by atoms with van der Waals surface area (Å²) in [6.07, 6.45) is 3.85. The van der Waals surface area contributed by atoms with Crippen LogP contribution >= 0.6 is 0 Å². The highest BCUT2D eigenvalue weighted by atomic mass is 19.2. The Bertz CT molecular complexity index is 1150. The maximum atomic E-state index is 13.5. The lowest BCUT2D eigenvalue weighted by Crippen LogP contribution is -2.38. The number of rotatable bonds is 4. The van der Waals surface area contributed by atoms with E-state index >= 15 is 0 Å². The predicted octanol–water partition coefficient (Wildman–Crippen LogP) is 4.17. The van der Waals surface area contributed by atoms with E-state index in [1.807, 2.05) is 28.8 Å². The van der Waals surface area contributed by atoms with Crippen molar-refractivity contribution in [1.82, 2.24) is 9.55 Å². The quantitative estimate of drug-likeness (QED) is 0.702. The van der Waals surface area contributed by atoms with Crippen molar-refractivity contribution in [2.75, 3.05) is 10.2 Å². The molecule has 2 heterocycles. The summed E-state index contributed by atoms with van der Waals surface area (Å²) in [4.78, 5) is 32.4. The third kappa shape index (κ3) is 3.03. The summed E-state index contributed by atoms with van der Waals surface area (Å²) >= 11 is 0. The fourth-order valence-corrected chi connectivity index (χ4v) is 4.52. The van der Waals surface area contributed by atoms with E-state index in [1.54, 1.807) is 4.90 Å². The third-order valence-corrected chi connectivity index (χ3v) is 5.90. The molecule has 0 saturated heterocycles. The van der Waals surface area contributed by atoms with Gasteiger partial charge < -0.3 is 5.32 Å². The molecular formula is C22H20F2N4O2. The number of aromatic nitrogens is 2. The summed E-state index contributed by atoms with van der Waals surface area (Å²) in [6, 6.07) is 10.1. The summed E-state index contributed by atoms with van der Waals surface area (Å²) < 4.78 is 28.4. The van der Waals surface area contributed by atoms with Crippen molar-refractivity contribution in [1.29, 1.82) is 0 Å². The number of benzene rings is 2. The van der Waals surface area contributed by atoms with Gasteiger partial charge in [0.2, 0.25) is 11.9 Å². The first kappa shape index (κ1) is 18.7. The molecule has 1 fully saturated rings. The molecular weight excluding hydrogens is 390 g/mol. The molecule has 5 rings (SSSR count). The Labute approximate surface area is 171 Å². The van der Waals surface area contributed by atoms with Gasteiger partial charge in [0, 0.05) is 17.8 Å². The van der Waals surface area contributed by atoms with Gasteiger partial charge in [-0.25, -0.2) is 13.8 Å². The molecule has 1 aliphatic carbocycles. The summed E-state index contributed by atoms with van der Waals surface area (Å²) in [6.45, 7) is 0. The van der Waals surface area contributed by atoms with Gasteiger partial charge in [0.25, 0.3) is 5.91 Å². The van der Waals surface area contributed by atoms with E-state index in [-0.39, 0.29) is 24.1 Å². The van der Waals surface area contributed by atoms with Crippen LogP contribution in [0, 0.1) is 11.6 Å². The molecule has 1 saturated carbocycles. The SMILES string of the molecule is O=C(C[C@@H]1C(=O)N(C2CCCC2)c2nc3ccccc3n21)Nc1ccc(F)c(F)c1. The first-order valence-corrected chi connectivity index (χ1v) is 10.1. The van der Waals surface area contributed by atoms with Crippen LogP contribution in [-0.4, -0.2) is 27.4 Å². The van der Waals surface area contributed by atoms with Crippen molar-refractivity contribution in [3.8, 4) is 0 Å². The summed E-state index contributed by atoms with van der Waals surface area (Å²) in [5, 5.41) is 2.56. The predicted molar refractivity (Wildman–Crippen MR) is 108 cm³/mol. The zero-order chi connectivity index (χ0) is 20.8. The highest BCUT2D eigenvalue weighted by Crippen LogP contribution is 2.40. The first-order valence-electron chi connectivity index (χ1n) is 10.1. The highest BCUT2D eigenvalue weighted by molar-refractivity contribution is 6.05. The van der Waals surface area contributed by atoms with Gasteiger partial charge in [0.1, 0.15) is 6.04 Å². The summed E-state index contributed by atoms with van der Waals surface area (Å²) in [5.74, 6) is -2.04. The third-order valence-electron chi connectivity index (χ3n) is 5.90. The number of anilines is 2. The molecule has 0 unspecified atom stereocenters. The Hall–Kier alpha value is -3.29. The van der Waals surface area contributed by atoms with E-state index in [1.165, 1.54) is 6.07 Å². The average molecular weight is 410 g/mol. The number of hydrogen-bond donors (Lipinski definition) is 1. The Kier molecular flexibility index (Phi) is 4.49. The number of nitrogens with one attached hydrogen (secondary N) is 1. The first-order chi connectivity index (χ1) is 14.5. The fraction of sp³-hybridized carbons (Fsp3) is 0.318. The molecule has 0 bridgehead atoms. The van der Waals surface area contributed by atoms with Crippen LogP contribution in [0.3, 0.4) is 0 Å². The second kappa shape index (κ2) is 7.19. The maximum Gasteiger partial charge on any atom is 0.253 e. The molecule has 1 N–H and O–H groups in total. The number of carbonyl (C=O) groups excluding carboxylic acids is 2. The smallest absolute Gasteiger partial charge is 0.253 e. The lowest BCUT2D eigenvalue weighted by atomic mass is 10.1. The normalized spacial score (nSPS) is 18.9. The monoisotopic (exact) mass is 410 g/mol. The lowest BCUT2D eigenvalue weighted by Gasteiger charge is -2.22. The number of hydrogen-bond acceptors (Lipinski definition) is 3. The molecule has 8 heteroatoms. The molecule has 1 aromatic heterocycles. The average Bonchev–Trinajstić information content (AvgIpc) is 3.42. The maximum absolute atomic E-state index is 13.5. The minimum absolute atomic E-state index is 0.0901. The van der Waals surface area contributed by atoms with Crippen LogP contribution in [-0.2, 0) is 9.59 Å². The van der Waals surface area contributed by atoms with Gasteiger partial charge in [-0.1, -0.05) is 25.0 Å². The number of para-hydroxylation sites is 2. The van der Waals surface area contributed by atoms with Crippen molar-refractivity contribution >= 4 is 34.5 Å². The van der Waals surface area contributed by atoms with Crippen LogP contribution in [0.4, 0.5) is 20.4 Å². The van der Waals surface area contributed by atoms with E-state index < -0.39 is 23.6 Å². The number of nitrogens with zero attached hydrogens (tertiary/aromatic N) is 3. The minimum atomic E-state index is -1.04. The number of carbonyl (C=O) groups is 2. The molecule has 3 aromatic rings. The van der Waals surface area contributed by atoms with Crippen LogP contribution in [0.25, 0.3) is 11.0 Å². The van der Waals surface area contributed by atoms with Crippen molar-refractivity contribution < 1.29 is 18.4 Å². The van der Waals surface area contributed by atoms with E-state index in [0.717, 1.165) is 48.8 Å². The molecule has 30 heavy (non-hydrogen) atoms. The van der Waals surface area contributed by atoms with Gasteiger partial charge in [-0.3, -0.25) is 19.1 Å². The summed E-state index contributed by atoms with van der Waals surface area (Å²) in [5.41, 5.74) is 1.72. The van der Waals surface area contributed by atoms with E-state index in [2.05, 4.69) is 10.3 Å². The van der Waals surface area contributed by atoms with Crippen molar-refractivity contribution in [3.05, 3.63) is 54.1 Å². The number of imidazole rings is 1. The van der Waals surface area contributed by atoms with Crippen LogP contribution < -0.4 is 10.2 Å². The molecule has 0 radical (unpaired) electrons. The Morgan fingerprint density at radius 3 is 2.63 bits per heavy atom. The Morgan fingerprint density at radius 2 is 1.87 bits per heavy atom. The summed E-state index contributed by atoms with van der Waals surface area (Å²) in [7, 11) is 0. The van der Waals surface area contributed by atoms with Gasteiger partial charge in [0.05, 0.1) is 17.5 Å².